The highest BCUT2D eigenvalue weighted by atomic mass is 16.4. The van der Waals surface area contributed by atoms with Crippen molar-refractivity contribution < 1.29 is 15.0 Å². The van der Waals surface area contributed by atoms with Crippen LogP contribution >= 0.6 is 0 Å². The minimum atomic E-state index is -0.966. The number of benzene rings is 1. The maximum Gasteiger partial charge on any atom is 0.308 e. The number of aromatic hydroxyl groups is 1. The van der Waals surface area contributed by atoms with Crippen LogP contribution in [-0.2, 0) is 11.2 Å². The van der Waals surface area contributed by atoms with Gasteiger partial charge in [0.1, 0.15) is 11.6 Å². The molecule has 0 aliphatic heterocycles. The Bertz CT molecular complexity index is 563. The number of anilines is 1. The second-order valence-corrected chi connectivity index (χ2v) is 3.57. The van der Waals surface area contributed by atoms with Gasteiger partial charge in [0.15, 0.2) is 0 Å². The molecule has 4 N–H and O–H groups in total. The number of phenols is 1. The maximum atomic E-state index is 10.6. The summed E-state index contributed by atoms with van der Waals surface area (Å²) in [5.41, 5.74) is 6.67. The zero-order valence-electron chi connectivity index (χ0n) is 8.87. The molecule has 0 radical (unpaired) electrons. The molecule has 0 saturated heterocycles. The highest BCUT2D eigenvalue weighted by Gasteiger charge is 2.10. The first-order chi connectivity index (χ1) is 8.06. The number of hydrogen-bond acceptors (Lipinski definition) is 4. The van der Waals surface area contributed by atoms with Gasteiger partial charge in [-0.15, -0.1) is 0 Å². The van der Waals surface area contributed by atoms with Gasteiger partial charge in [-0.05, 0) is 12.1 Å². The average Bonchev–Trinajstić information content (AvgIpc) is 2.59. The number of aliphatic carboxylic acids is 1. The van der Waals surface area contributed by atoms with E-state index in [1.165, 1.54) is 23.0 Å². The highest BCUT2D eigenvalue weighted by Crippen LogP contribution is 2.18. The number of carbonyl (C=O) groups is 1. The van der Waals surface area contributed by atoms with E-state index in [9.17, 15) is 9.90 Å². The van der Waals surface area contributed by atoms with Crippen LogP contribution in [0.2, 0.25) is 0 Å². The minimum Gasteiger partial charge on any atom is -0.508 e. The number of carboxylic acids is 1. The zero-order valence-corrected chi connectivity index (χ0v) is 8.87. The van der Waals surface area contributed by atoms with Gasteiger partial charge in [-0.1, -0.05) is 6.07 Å². The van der Waals surface area contributed by atoms with E-state index >= 15 is 0 Å². The summed E-state index contributed by atoms with van der Waals surface area (Å²) >= 11 is 0. The number of nitrogen functional groups attached to an aromatic ring is 1. The van der Waals surface area contributed by atoms with E-state index < -0.39 is 5.97 Å². The van der Waals surface area contributed by atoms with E-state index in [1.807, 2.05) is 0 Å². The molecule has 0 spiro atoms. The highest BCUT2D eigenvalue weighted by molar-refractivity contribution is 5.72. The van der Waals surface area contributed by atoms with Gasteiger partial charge < -0.3 is 15.9 Å². The first-order valence-corrected chi connectivity index (χ1v) is 4.91. The van der Waals surface area contributed by atoms with Gasteiger partial charge in [-0.25, -0.2) is 4.68 Å². The molecule has 88 valence electrons. The molecule has 6 heteroatoms. The van der Waals surface area contributed by atoms with E-state index in [0.29, 0.717) is 11.3 Å². The van der Waals surface area contributed by atoms with Crippen molar-refractivity contribution in [1.82, 2.24) is 9.78 Å². The number of aromatic nitrogens is 2. The van der Waals surface area contributed by atoms with Crippen LogP contribution in [0.15, 0.2) is 30.5 Å². The van der Waals surface area contributed by atoms with E-state index in [-0.39, 0.29) is 18.0 Å². The molecule has 6 nitrogen and oxygen atoms in total. The summed E-state index contributed by atoms with van der Waals surface area (Å²) in [6, 6.07) is 6.45. The number of nitrogens with two attached hydrogens (primary N) is 1. The van der Waals surface area contributed by atoms with Crippen LogP contribution in [0.4, 0.5) is 5.82 Å². The van der Waals surface area contributed by atoms with Crippen molar-refractivity contribution in [1.29, 1.82) is 0 Å². The Labute approximate surface area is 96.9 Å². The van der Waals surface area contributed by atoms with Crippen LogP contribution in [0.3, 0.4) is 0 Å². The molecule has 0 fully saturated rings. The molecule has 17 heavy (non-hydrogen) atoms. The molecular formula is C11H11N3O3. The molecule has 0 bridgehead atoms. The maximum absolute atomic E-state index is 10.6. The summed E-state index contributed by atoms with van der Waals surface area (Å²) in [6.07, 6.45) is 1.36. The van der Waals surface area contributed by atoms with E-state index in [1.54, 1.807) is 12.1 Å². The van der Waals surface area contributed by atoms with E-state index in [4.69, 9.17) is 10.8 Å². The average molecular weight is 233 g/mol. The van der Waals surface area contributed by atoms with Crippen molar-refractivity contribution in [2.24, 2.45) is 0 Å². The fraction of sp³-hybridized carbons (Fsp3) is 0.0909. The second-order valence-electron chi connectivity index (χ2n) is 3.57. The summed E-state index contributed by atoms with van der Waals surface area (Å²) in [5.74, 6) is -0.681. The minimum absolute atomic E-state index is 0.108. The van der Waals surface area contributed by atoms with Gasteiger partial charge in [0.25, 0.3) is 0 Å². The summed E-state index contributed by atoms with van der Waals surface area (Å²) in [5, 5.41) is 22.0. The predicted molar refractivity (Wildman–Crippen MR) is 61.0 cm³/mol. The zero-order chi connectivity index (χ0) is 12.4. The van der Waals surface area contributed by atoms with E-state index in [2.05, 4.69) is 5.10 Å². The van der Waals surface area contributed by atoms with Crippen molar-refractivity contribution in [3.63, 3.8) is 0 Å². The van der Waals surface area contributed by atoms with Crippen LogP contribution in [-0.4, -0.2) is 26.0 Å². The van der Waals surface area contributed by atoms with Crippen molar-refractivity contribution in [2.45, 2.75) is 6.42 Å². The third kappa shape index (κ3) is 2.36. The SMILES string of the molecule is Nc1nn(-c2cccc(O)c2)cc1CC(=O)O. The lowest BCUT2D eigenvalue weighted by atomic mass is 10.2. The smallest absolute Gasteiger partial charge is 0.308 e. The van der Waals surface area contributed by atoms with Gasteiger partial charge in [-0.3, -0.25) is 4.79 Å². The molecule has 0 aliphatic carbocycles. The standard InChI is InChI=1S/C11H11N3O3/c12-11-7(4-10(16)17)6-14(13-11)8-2-1-3-9(15)5-8/h1-3,5-6,15H,4H2,(H2,12,13)(H,16,17). The predicted octanol–water partition coefficient (Wildman–Crippen LogP) is 0.787. The quantitative estimate of drug-likeness (QED) is 0.727. The van der Waals surface area contributed by atoms with E-state index in [0.717, 1.165) is 0 Å². The third-order valence-electron chi connectivity index (χ3n) is 2.26. The second kappa shape index (κ2) is 4.17. The normalized spacial score (nSPS) is 10.4. The molecule has 1 aromatic heterocycles. The van der Waals surface area contributed by atoms with Gasteiger partial charge >= 0.3 is 5.97 Å². The Morgan fingerprint density at radius 1 is 1.47 bits per heavy atom. The molecule has 2 rings (SSSR count). The topological polar surface area (TPSA) is 101 Å². The van der Waals surface area contributed by atoms with Crippen LogP contribution in [0.5, 0.6) is 5.75 Å². The fourth-order valence-corrected chi connectivity index (χ4v) is 1.49. The first kappa shape index (κ1) is 11.0. The molecule has 2 aromatic rings. The lowest BCUT2D eigenvalue weighted by Gasteiger charge is -2.00. The Kier molecular flexibility index (Phi) is 2.70. The Morgan fingerprint density at radius 3 is 2.88 bits per heavy atom. The van der Waals surface area contributed by atoms with Crippen LogP contribution < -0.4 is 5.73 Å². The molecule has 0 amide bonds. The molecule has 1 aromatic carbocycles. The Hall–Kier alpha value is -2.50. The van der Waals surface area contributed by atoms with Crippen LogP contribution in [0, 0.1) is 0 Å². The molecule has 0 aliphatic rings. The van der Waals surface area contributed by atoms with Crippen molar-refractivity contribution in [2.75, 3.05) is 5.73 Å². The van der Waals surface area contributed by atoms with Gasteiger partial charge in [0.2, 0.25) is 0 Å². The fourth-order valence-electron chi connectivity index (χ4n) is 1.49. The number of rotatable bonds is 3. The number of phenolic OH excluding ortho intramolecular Hbond substituents is 1. The lowest BCUT2D eigenvalue weighted by Crippen LogP contribution is -2.01. The largest absolute Gasteiger partial charge is 0.508 e. The Balaban J connectivity index is 2.37. The molecule has 0 saturated carbocycles. The lowest BCUT2D eigenvalue weighted by molar-refractivity contribution is -0.136. The van der Waals surface area contributed by atoms with Gasteiger partial charge in [0, 0.05) is 17.8 Å². The summed E-state index contributed by atoms with van der Waals surface area (Å²) in [4.78, 5) is 10.6. The molecular weight excluding hydrogens is 222 g/mol. The summed E-state index contributed by atoms with van der Waals surface area (Å²) < 4.78 is 1.44. The number of hydrogen-bond donors (Lipinski definition) is 3. The Morgan fingerprint density at radius 2 is 2.24 bits per heavy atom. The monoisotopic (exact) mass is 233 g/mol. The van der Waals surface area contributed by atoms with Crippen LogP contribution in [0.1, 0.15) is 5.56 Å². The number of carboxylic acid groups (broad SMARTS) is 1. The van der Waals surface area contributed by atoms with Gasteiger partial charge in [0.05, 0.1) is 12.1 Å². The van der Waals surface area contributed by atoms with Crippen molar-refractivity contribution in [3.05, 3.63) is 36.0 Å². The molecule has 1 heterocycles. The van der Waals surface area contributed by atoms with Crippen molar-refractivity contribution >= 4 is 11.8 Å². The summed E-state index contributed by atoms with van der Waals surface area (Å²) in [7, 11) is 0. The first-order valence-electron chi connectivity index (χ1n) is 4.91. The molecule has 0 unspecified atom stereocenters. The number of nitrogens with zero attached hydrogens (tertiary/aromatic N) is 2. The summed E-state index contributed by atoms with van der Waals surface area (Å²) in [6.45, 7) is 0. The third-order valence-corrected chi connectivity index (χ3v) is 2.26. The van der Waals surface area contributed by atoms with Crippen LogP contribution in [0.25, 0.3) is 5.69 Å². The van der Waals surface area contributed by atoms with Gasteiger partial charge in [-0.2, -0.15) is 5.10 Å². The van der Waals surface area contributed by atoms with Crippen molar-refractivity contribution in [3.8, 4) is 11.4 Å². The molecule has 0 atom stereocenters.